The second-order valence-electron chi connectivity index (χ2n) is 7.97. The average Bonchev–Trinajstić information content (AvgIpc) is 2.81. The lowest BCUT2D eigenvalue weighted by Crippen LogP contribution is -2.38. The van der Waals surface area contributed by atoms with E-state index in [2.05, 4.69) is 30.7 Å². The van der Waals surface area contributed by atoms with E-state index in [1.807, 2.05) is 6.92 Å². The summed E-state index contributed by atoms with van der Waals surface area (Å²) in [6.07, 6.45) is 1.89. The number of nitrogens with zero attached hydrogens (tertiary/aromatic N) is 4. The van der Waals surface area contributed by atoms with Gasteiger partial charge in [-0.25, -0.2) is 9.37 Å². The molecule has 1 aliphatic rings. The molecule has 1 aliphatic heterocycles. The maximum absolute atomic E-state index is 14.0. The van der Waals surface area contributed by atoms with Crippen molar-refractivity contribution < 1.29 is 4.39 Å². The Balaban J connectivity index is 2.14. The van der Waals surface area contributed by atoms with Crippen molar-refractivity contribution in [3.8, 4) is 0 Å². The lowest BCUT2D eigenvalue weighted by molar-refractivity contribution is 0.167. The molecule has 2 atom stereocenters. The topological polar surface area (TPSA) is 41.4 Å². The molecule has 3 rings (SSSR count). The Morgan fingerprint density at radius 2 is 2.04 bits per heavy atom. The van der Waals surface area contributed by atoms with E-state index in [1.165, 1.54) is 12.1 Å². The van der Waals surface area contributed by atoms with Crippen LogP contribution in [-0.4, -0.2) is 52.6 Å². The highest BCUT2D eigenvalue weighted by Gasteiger charge is 2.28. The molecule has 0 N–H and O–H groups in total. The second-order valence-corrected chi connectivity index (χ2v) is 8.38. The number of hydrogen-bond donors (Lipinski definition) is 0. The van der Waals surface area contributed by atoms with E-state index in [-0.39, 0.29) is 16.6 Å². The molecule has 0 radical (unpaired) electrons. The standard InChI is InChI=1S/C21H30ClFN4O/c1-5-7-19(26-9-8-25(4)12-14(3)13-26)20-24-18-11-17(23)16(22)10-15(18)21(28)27(20)6-2/h10-11,14,19H,5-9,12-13H2,1-4H3/t14-,19-/m0/s1. The number of aromatic nitrogens is 2. The molecule has 1 fully saturated rings. The summed E-state index contributed by atoms with van der Waals surface area (Å²) in [4.78, 5) is 22.7. The maximum Gasteiger partial charge on any atom is 0.261 e. The van der Waals surface area contributed by atoms with Gasteiger partial charge >= 0.3 is 0 Å². The molecule has 0 unspecified atom stereocenters. The molecule has 1 aromatic carbocycles. The van der Waals surface area contributed by atoms with Crippen LogP contribution in [0.15, 0.2) is 16.9 Å². The maximum atomic E-state index is 14.0. The largest absolute Gasteiger partial charge is 0.305 e. The summed E-state index contributed by atoms with van der Waals surface area (Å²) in [6.45, 7) is 10.8. The predicted octanol–water partition coefficient (Wildman–Crippen LogP) is 3.93. The zero-order valence-electron chi connectivity index (χ0n) is 17.2. The first-order valence-corrected chi connectivity index (χ1v) is 10.6. The van der Waals surface area contributed by atoms with E-state index in [4.69, 9.17) is 16.6 Å². The van der Waals surface area contributed by atoms with Crippen molar-refractivity contribution >= 4 is 22.5 Å². The van der Waals surface area contributed by atoms with Crippen molar-refractivity contribution in [3.05, 3.63) is 39.2 Å². The summed E-state index contributed by atoms with van der Waals surface area (Å²) in [7, 11) is 2.15. The molecule has 0 amide bonds. The van der Waals surface area contributed by atoms with Crippen molar-refractivity contribution in [3.63, 3.8) is 0 Å². The zero-order valence-corrected chi connectivity index (χ0v) is 18.0. The lowest BCUT2D eigenvalue weighted by Gasteiger charge is -2.32. The van der Waals surface area contributed by atoms with Gasteiger partial charge in [-0.1, -0.05) is 31.9 Å². The van der Waals surface area contributed by atoms with E-state index in [0.29, 0.717) is 23.4 Å². The minimum absolute atomic E-state index is 0.0368. The molecule has 2 heterocycles. The highest BCUT2D eigenvalue weighted by Crippen LogP contribution is 2.28. The fraction of sp³-hybridized carbons (Fsp3) is 0.619. The van der Waals surface area contributed by atoms with Gasteiger partial charge in [0.05, 0.1) is 22.0 Å². The Kier molecular flexibility index (Phi) is 6.73. The van der Waals surface area contributed by atoms with Crippen LogP contribution in [0.2, 0.25) is 5.02 Å². The van der Waals surface area contributed by atoms with Crippen LogP contribution < -0.4 is 5.56 Å². The first kappa shape index (κ1) is 21.2. The Labute approximate surface area is 171 Å². The van der Waals surface area contributed by atoms with Gasteiger partial charge < -0.3 is 4.90 Å². The smallest absolute Gasteiger partial charge is 0.261 e. The summed E-state index contributed by atoms with van der Waals surface area (Å²) in [5.41, 5.74) is 0.234. The van der Waals surface area contributed by atoms with Gasteiger partial charge in [0.1, 0.15) is 11.6 Å². The molecule has 2 aromatic rings. The third-order valence-electron chi connectivity index (χ3n) is 5.58. The van der Waals surface area contributed by atoms with E-state index in [9.17, 15) is 9.18 Å². The Morgan fingerprint density at radius 1 is 1.29 bits per heavy atom. The molecule has 0 aliphatic carbocycles. The fourth-order valence-electron chi connectivity index (χ4n) is 4.30. The molecule has 154 valence electrons. The van der Waals surface area contributed by atoms with Gasteiger partial charge in [-0.15, -0.1) is 0 Å². The first-order chi connectivity index (χ1) is 13.3. The molecule has 28 heavy (non-hydrogen) atoms. The molecule has 1 aromatic heterocycles. The monoisotopic (exact) mass is 408 g/mol. The number of rotatable bonds is 5. The van der Waals surface area contributed by atoms with E-state index in [1.54, 1.807) is 4.57 Å². The van der Waals surface area contributed by atoms with Crippen molar-refractivity contribution in [2.75, 3.05) is 33.2 Å². The minimum Gasteiger partial charge on any atom is -0.305 e. The molecule has 0 spiro atoms. The SMILES string of the molecule is CCC[C@@H](c1nc2cc(F)c(Cl)cc2c(=O)n1CC)N1CCN(C)C[C@H](C)C1. The van der Waals surface area contributed by atoms with Gasteiger partial charge in [-0.05, 0) is 32.4 Å². The van der Waals surface area contributed by atoms with Crippen LogP contribution >= 0.6 is 11.6 Å². The lowest BCUT2D eigenvalue weighted by atomic mass is 10.1. The highest BCUT2D eigenvalue weighted by atomic mass is 35.5. The van der Waals surface area contributed by atoms with Crippen LogP contribution in [-0.2, 0) is 6.54 Å². The van der Waals surface area contributed by atoms with Crippen molar-refractivity contribution in [2.24, 2.45) is 5.92 Å². The molecule has 1 saturated heterocycles. The molecular weight excluding hydrogens is 379 g/mol. The molecule has 7 heteroatoms. The number of hydrogen-bond acceptors (Lipinski definition) is 4. The second kappa shape index (κ2) is 8.89. The van der Waals surface area contributed by atoms with Crippen LogP contribution in [0.3, 0.4) is 0 Å². The van der Waals surface area contributed by atoms with Crippen molar-refractivity contribution in [2.45, 2.75) is 46.2 Å². The van der Waals surface area contributed by atoms with Crippen LogP contribution in [0.25, 0.3) is 10.9 Å². The van der Waals surface area contributed by atoms with Crippen molar-refractivity contribution in [1.29, 1.82) is 0 Å². The average molecular weight is 409 g/mol. The number of fused-ring (bicyclic) bond motifs is 1. The van der Waals surface area contributed by atoms with Gasteiger partial charge in [-0.2, -0.15) is 0 Å². The van der Waals surface area contributed by atoms with Gasteiger partial charge in [0, 0.05) is 38.8 Å². The normalized spacial score (nSPS) is 20.4. The quantitative estimate of drug-likeness (QED) is 0.751. The van der Waals surface area contributed by atoms with Crippen LogP contribution in [0.1, 0.15) is 45.5 Å². The minimum atomic E-state index is -0.543. The van der Waals surface area contributed by atoms with Crippen LogP contribution in [0.4, 0.5) is 4.39 Å². The third kappa shape index (κ3) is 4.24. The van der Waals surface area contributed by atoms with Crippen LogP contribution in [0.5, 0.6) is 0 Å². The van der Waals surface area contributed by atoms with Gasteiger partial charge in [0.2, 0.25) is 0 Å². The summed E-state index contributed by atoms with van der Waals surface area (Å²) >= 11 is 5.91. The third-order valence-corrected chi connectivity index (χ3v) is 5.87. The summed E-state index contributed by atoms with van der Waals surface area (Å²) < 4.78 is 15.8. The molecule has 0 bridgehead atoms. The predicted molar refractivity (Wildman–Crippen MR) is 113 cm³/mol. The van der Waals surface area contributed by atoms with E-state index >= 15 is 0 Å². The number of likely N-dealkylation sites (N-methyl/N-ethyl adjacent to an activating group) is 1. The van der Waals surface area contributed by atoms with Crippen LogP contribution in [0, 0.1) is 11.7 Å². The highest BCUT2D eigenvalue weighted by molar-refractivity contribution is 6.31. The summed E-state index contributed by atoms with van der Waals surface area (Å²) in [6, 6.07) is 2.72. The number of benzene rings is 1. The van der Waals surface area contributed by atoms with Gasteiger partial charge in [0.15, 0.2) is 0 Å². The molecule has 0 saturated carbocycles. The van der Waals surface area contributed by atoms with E-state index in [0.717, 1.165) is 44.8 Å². The van der Waals surface area contributed by atoms with Gasteiger partial charge in [-0.3, -0.25) is 14.3 Å². The Morgan fingerprint density at radius 3 is 2.71 bits per heavy atom. The molecular formula is C21H30ClFN4O. The summed E-state index contributed by atoms with van der Waals surface area (Å²) in [5.74, 6) is 0.726. The Bertz CT molecular complexity index is 900. The molecule has 5 nitrogen and oxygen atoms in total. The summed E-state index contributed by atoms with van der Waals surface area (Å²) in [5, 5.41) is 0.326. The zero-order chi connectivity index (χ0) is 20.4. The van der Waals surface area contributed by atoms with E-state index < -0.39 is 5.82 Å². The fourth-order valence-corrected chi connectivity index (χ4v) is 4.46. The Hall–Kier alpha value is -1.50. The van der Waals surface area contributed by atoms with Crippen molar-refractivity contribution in [1.82, 2.24) is 19.4 Å². The number of halogens is 2. The van der Waals surface area contributed by atoms with Gasteiger partial charge in [0.25, 0.3) is 5.56 Å². The first-order valence-electron chi connectivity index (χ1n) is 10.2.